The van der Waals surface area contributed by atoms with Crippen LogP contribution in [0.5, 0.6) is 11.5 Å². The van der Waals surface area contributed by atoms with Crippen LogP contribution in [0.1, 0.15) is 16.8 Å². The molecule has 3 nitrogen and oxygen atoms in total. The molecule has 0 aliphatic rings. The third-order valence-electron chi connectivity index (χ3n) is 2.82. The minimum atomic E-state index is -0.575. The van der Waals surface area contributed by atoms with E-state index in [0.717, 1.165) is 0 Å². The molecule has 0 unspecified atom stereocenters. The molecule has 2 aromatic carbocycles. The van der Waals surface area contributed by atoms with Crippen molar-refractivity contribution in [2.24, 2.45) is 0 Å². The molecule has 104 valence electrons. The van der Waals surface area contributed by atoms with E-state index in [1.54, 1.807) is 18.2 Å². The molecule has 0 radical (unpaired) electrons. The van der Waals surface area contributed by atoms with Crippen LogP contribution >= 0.6 is 0 Å². The second-order valence-electron chi connectivity index (χ2n) is 4.18. The lowest BCUT2D eigenvalue weighted by molar-refractivity contribution is 0.0958. The molecule has 0 spiro atoms. The van der Waals surface area contributed by atoms with Gasteiger partial charge in [-0.15, -0.1) is 0 Å². The molecule has 0 heterocycles. The van der Waals surface area contributed by atoms with E-state index in [9.17, 15) is 9.18 Å². The zero-order chi connectivity index (χ0) is 14.4. The summed E-state index contributed by atoms with van der Waals surface area (Å²) in [6.07, 6.45) is 0.123. The van der Waals surface area contributed by atoms with Crippen LogP contribution in [0.2, 0.25) is 0 Å². The number of hydrogen-bond acceptors (Lipinski definition) is 3. The Balaban J connectivity index is 1.92. The molecule has 0 aromatic heterocycles. The van der Waals surface area contributed by atoms with Gasteiger partial charge in [-0.3, -0.25) is 4.79 Å². The van der Waals surface area contributed by atoms with Crippen LogP contribution < -0.4 is 9.47 Å². The minimum absolute atomic E-state index is 0.0578. The number of para-hydroxylation sites is 1. The Labute approximate surface area is 117 Å². The summed E-state index contributed by atoms with van der Waals surface area (Å²) in [6.45, 7) is 0.217. The number of carbonyl (C=O) groups excluding carboxylic acids is 1. The first-order valence-corrected chi connectivity index (χ1v) is 6.25. The van der Waals surface area contributed by atoms with Crippen LogP contribution in [-0.2, 0) is 0 Å². The zero-order valence-electron chi connectivity index (χ0n) is 11.1. The lowest BCUT2D eigenvalue weighted by Gasteiger charge is -2.07. The van der Waals surface area contributed by atoms with Gasteiger partial charge in [0, 0.05) is 12.5 Å². The normalized spacial score (nSPS) is 10.1. The van der Waals surface area contributed by atoms with Crippen LogP contribution in [0, 0.1) is 5.82 Å². The molecule has 2 rings (SSSR count). The van der Waals surface area contributed by atoms with Crippen molar-refractivity contribution in [2.75, 3.05) is 13.7 Å². The van der Waals surface area contributed by atoms with Crippen molar-refractivity contribution in [3.8, 4) is 11.5 Å². The number of halogens is 1. The summed E-state index contributed by atoms with van der Waals surface area (Å²) in [5, 5.41) is 0. The minimum Gasteiger partial charge on any atom is -0.497 e. The Morgan fingerprint density at radius 1 is 1.10 bits per heavy atom. The van der Waals surface area contributed by atoms with Crippen LogP contribution in [0.3, 0.4) is 0 Å². The molecule has 0 atom stereocenters. The summed E-state index contributed by atoms with van der Waals surface area (Å²) in [5.74, 6) is 0.213. The molecule has 20 heavy (non-hydrogen) atoms. The summed E-state index contributed by atoms with van der Waals surface area (Å²) in [4.78, 5) is 11.9. The van der Waals surface area contributed by atoms with Crippen molar-refractivity contribution in [1.29, 1.82) is 0 Å². The maximum Gasteiger partial charge on any atom is 0.169 e. The van der Waals surface area contributed by atoms with E-state index >= 15 is 0 Å². The monoisotopic (exact) mass is 274 g/mol. The Bertz CT molecular complexity index is 582. The van der Waals surface area contributed by atoms with E-state index in [1.165, 1.54) is 19.2 Å². The fraction of sp³-hybridized carbons (Fsp3) is 0.188. The quantitative estimate of drug-likeness (QED) is 0.756. The molecule has 0 saturated heterocycles. The Kier molecular flexibility index (Phi) is 4.71. The van der Waals surface area contributed by atoms with Gasteiger partial charge in [-0.05, 0) is 24.3 Å². The van der Waals surface area contributed by atoms with Gasteiger partial charge in [0.05, 0.1) is 19.3 Å². The van der Waals surface area contributed by atoms with Gasteiger partial charge in [0.25, 0.3) is 0 Å². The zero-order valence-corrected chi connectivity index (χ0v) is 11.1. The lowest BCUT2D eigenvalue weighted by atomic mass is 10.1. The molecule has 2 aromatic rings. The highest BCUT2D eigenvalue weighted by Gasteiger charge is 2.12. The first kappa shape index (κ1) is 14.1. The van der Waals surface area contributed by atoms with Gasteiger partial charge in [0.15, 0.2) is 5.78 Å². The fourth-order valence-corrected chi connectivity index (χ4v) is 1.76. The van der Waals surface area contributed by atoms with Gasteiger partial charge < -0.3 is 9.47 Å². The molecular formula is C16H15FO3. The van der Waals surface area contributed by atoms with Crippen molar-refractivity contribution in [2.45, 2.75) is 6.42 Å². The SMILES string of the molecule is COc1ccc(C(=O)CCOc2ccccc2)c(F)c1. The highest BCUT2D eigenvalue weighted by Crippen LogP contribution is 2.18. The Hall–Kier alpha value is -2.36. The average molecular weight is 274 g/mol. The van der Waals surface area contributed by atoms with Gasteiger partial charge >= 0.3 is 0 Å². The summed E-state index contributed by atoms with van der Waals surface area (Å²) in [5.41, 5.74) is 0.0578. The maximum atomic E-state index is 13.7. The number of carbonyl (C=O) groups is 1. The summed E-state index contributed by atoms with van der Waals surface area (Å²) < 4.78 is 24.0. The molecule has 0 saturated carbocycles. The van der Waals surface area contributed by atoms with Gasteiger partial charge in [0.2, 0.25) is 0 Å². The van der Waals surface area contributed by atoms with Crippen molar-refractivity contribution in [3.05, 3.63) is 59.9 Å². The van der Waals surface area contributed by atoms with Crippen LogP contribution in [0.25, 0.3) is 0 Å². The van der Waals surface area contributed by atoms with Crippen molar-refractivity contribution >= 4 is 5.78 Å². The smallest absolute Gasteiger partial charge is 0.169 e. The molecule has 0 aliphatic heterocycles. The summed E-state index contributed by atoms with van der Waals surface area (Å²) in [6, 6.07) is 13.4. The fourth-order valence-electron chi connectivity index (χ4n) is 1.76. The molecule has 0 amide bonds. The van der Waals surface area contributed by atoms with E-state index in [4.69, 9.17) is 9.47 Å². The van der Waals surface area contributed by atoms with E-state index in [-0.39, 0.29) is 24.4 Å². The number of Topliss-reactive ketones (excluding diaryl/α,β-unsaturated/α-hetero) is 1. The second-order valence-corrected chi connectivity index (χ2v) is 4.18. The van der Waals surface area contributed by atoms with Crippen LogP contribution in [0.15, 0.2) is 48.5 Å². The lowest BCUT2D eigenvalue weighted by Crippen LogP contribution is -2.08. The van der Waals surface area contributed by atoms with Crippen molar-refractivity contribution in [1.82, 2.24) is 0 Å². The van der Waals surface area contributed by atoms with Gasteiger partial charge in [-0.25, -0.2) is 4.39 Å². The highest BCUT2D eigenvalue weighted by atomic mass is 19.1. The topological polar surface area (TPSA) is 35.5 Å². The molecule has 0 aliphatic carbocycles. The number of ether oxygens (including phenoxy) is 2. The van der Waals surface area contributed by atoms with E-state index < -0.39 is 5.82 Å². The maximum absolute atomic E-state index is 13.7. The molecular weight excluding hydrogens is 259 g/mol. The average Bonchev–Trinajstić information content (AvgIpc) is 2.48. The molecule has 0 fully saturated rings. The van der Waals surface area contributed by atoms with E-state index in [0.29, 0.717) is 11.5 Å². The Morgan fingerprint density at radius 2 is 1.85 bits per heavy atom. The third kappa shape index (κ3) is 3.57. The predicted octanol–water partition coefficient (Wildman–Crippen LogP) is 3.49. The van der Waals surface area contributed by atoms with Gasteiger partial charge in [-0.2, -0.15) is 0 Å². The van der Waals surface area contributed by atoms with E-state index in [1.807, 2.05) is 18.2 Å². The highest BCUT2D eigenvalue weighted by molar-refractivity contribution is 5.96. The van der Waals surface area contributed by atoms with Crippen molar-refractivity contribution < 1.29 is 18.7 Å². The Morgan fingerprint density at radius 3 is 2.50 bits per heavy atom. The predicted molar refractivity (Wildman–Crippen MR) is 73.8 cm³/mol. The summed E-state index contributed by atoms with van der Waals surface area (Å²) in [7, 11) is 1.45. The standard InChI is InChI=1S/C16H15FO3/c1-19-13-7-8-14(15(17)11-13)16(18)9-10-20-12-5-3-2-4-6-12/h2-8,11H,9-10H2,1H3. The summed E-state index contributed by atoms with van der Waals surface area (Å²) >= 11 is 0. The van der Waals surface area contributed by atoms with Crippen LogP contribution in [-0.4, -0.2) is 19.5 Å². The van der Waals surface area contributed by atoms with Crippen LogP contribution in [0.4, 0.5) is 4.39 Å². The number of methoxy groups -OCH3 is 1. The van der Waals surface area contributed by atoms with Gasteiger partial charge in [-0.1, -0.05) is 18.2 Å². The number of ketones is 1. The number of benzene rings is 2. The van der Waals surface area contributed by atoms with Gasteiger partial charge in [0.1, 0.15) is 17.3 Å². The number of rotatable bonds is 6. The molecule has 0 N–H and O–H groups in total. The first-order valence-electron chi connectivity index (χ1n) is 6.25. The third-order valence-corrected chi connectivity index (χ3v) is 2.82. The van der Waals surface area contributed by atoms with E-state index in [2.05, 4.69) is 0 Å². The molecule has 0 bridgehead atoms. The first-order chi connectivity index (χ1) is 9.70. The van der Waals surface area contributed by atoms with Crippen molar-refractivity contribution in [3.63, 3.8) is 0 Å². The number of hydrogen-bond donors (Lipinski definition) is 0. The second kappa shape index (κ2) is 6.70. The largest absolute Gasteiger partial charge is 0.497 e. The molecule has 4 heteroatoms.